The summed E-state index contributed by atoms with van der Waals surface area (Å²) >= 11 is 0. The minimum atomic E-state index is -2.94. The maximum absolute atomic E-state index is 12.5. The van der Waals surface area contributed by atoms with Crippen LogP contribution in [0.4, 0.5) is 8.78 Å². The molecule has 3 rings (SSSR count). The van der Waals surface area contributed by atoms with Gasteiger partial charge >= 0.3 is 6.61 Å². The number of ether oxygens (including phenoxy) is 2. The van der Waals surface area contributed by atoms with Crippen molar-refractivity contribution in [1.82, 2.24) is 10.3 Å². The molecule has 1 N–H and O–H groups in total. The zero-order valence-electron chi connectivity index (χ0n) is 11.8. The summed E-state index contributed by atoms with van der Waals surface area (Å²) in [5.41, 5.74) is -0.135. The highest BCUT2D eigenvalue weighted by Gasteiger charge is 2.53. The fourth-order valence-electron chi connectivity index (χ4n) is 2.80. The van der Waals surface area contributed by atoms with E-state index in [1.807, 2.05) is 6.92 Å². The van der Waals surface area contributed by atoms with Crippen LogP contribution in [0.2, 0.25) is 0 Å². The zero-order valence-corrected chi connectivity index (χ0v) is 11.8. The van der Waals surface area contributed by atoms with Gasteiger partial charge in [-0.25, -0.2) is 4.98 Å². The number of carbonyl (C=O) groups is 1. The second-order valence-electron chi connectivity index (χ2n) is 5.64. The number of aromatic nitrogens is 1. The Morgan fingerprint density at radius 2 is 2.19 bits per heavy atom. The maximum atomic E-state index is 12.5. The molecule has 2 aliphatic heterocycles. The lowest BCUT2D eigenvalue weighted by molar-refractivity contribution is -0.142. The van der Waals surface area contributed by atoms with E-state index in [-0.39, 0.29) is 11.8 Å². The monoisotopic (exact) mass is 298 g/mol. The smallest absolute Gasteiger partial charge is 0.388 e. The quantitative estimate of drug-likeness (QED) is 0.923. The molecular weight excluding hydrogens is 282 g/mol. The van der Waals surface area contributed by atoms with Gasteiger partial charge in [-0.05, 0) is 19.4 Å². The lowest BCUT2D eigenvalue weighted by Crippen LogP contribution is -2.66. The second kappa shape index (κ2) is 4.62. The van der Waals surface area contributed by atoms with Gasteiger partial charge in [0.2, 0.25) is 11.8 Å². The van der Waals surface area contributed by atoms with Crippen LogP contribution in [0, 0.1) is 0 Å². The van der Waals surface area contributed by atoms with E-state index in [9.17, 15) is 13.6 Å². The molecule has 0 aromatic carbocycles. The molecule has 1 fully saturated rings. The number of hydrogen-bond donors (Lipinski definition) is 1. The van der Waals surface area contributed by atoms with Crippen LogP contribution in [0.15, 0.2) is 12.1 Å². The van der Waals surface area contributed by atoms with E-state index in [2.05, 4.69) is 15.0 Å². The van der Waals surface area contributed by atoms with Crippen LogP contribution >= 0.6 is 0 Å². The first-order chi connectivity index (χ1) is 9.91. The number of carbonyl (C=O) groups excluding carboxylic acids is 1. The Balaban J connectivity index is 2.12. The van der Waals surface area contributed by atoms with Crippen LogP contribution in [0.3, 0.4) is 0 Å². The van der Waals surface area contributed by atoms with Crippen molar-refractivity contribution in [3.63, 3.8) is 0 Å². The average molecular weight is 298 g/mol. The predicted octanol–water partition coefficient (Wildman–Crippen LogP) is 1.71. The molecule has 1 aromatic rings. The minimum Gasteiger partial charge on any atom is -0.417 e. The van der Waals surface area contributed by atoms with E-state index in [1.54, 1.807) is 13.0 Å². The standard InChI is InChI=1S/C14H16F2N2O3/c1-3-13(2)10-8(4-5-9(17-10)21-12(15)16)14(6-20-7-14)18-11(13)19/h4-5,12H,3,6-7H2,1-2H3,(H,18,19). The van der Waals surface area contributed by atoms with E-state index in [4.69, 9.17) is 4.74 Å². The highest BCUT2D eigenvalue weighted by Crippen LogP contribution is 2.43. The first-order valence-corrected chi connectivity index (χ1v) is 6.78. The molecule has 1 spiro atoms. The third-order valence-electron chi connectivity index (χ3n) is 4.38. The summed E-state index contributed by atoms with van der Waals surface area (Å²) in [6.07, 6.45) is 0.508. The second-order valence-corrected chi connectivity index (χ2v) is 5.64. The number of nitrogens with one attached hydrogen (secondary N) is 1. The van der Waals surface area contributed by atoms with E-state index in [0.29, 0.717) is 25.3 Å². The van der Waals surface area contributed by atoms with E-state index in [1.165, 1.54) is 6.07 Å². The third kappa shape index (κ3) is 1.98. The van der Waals surface area contributed by atoms with Crippen molar-refractivity contribution in [3.8, 4) is 5.88 Å². The van der Waals surface area contributed by atoms with Gasteiger partial charge in [0.1, 0.15) is 5.54 Å². The molecule has 0 bridgehead atoms. The molecule has 114 valence electrons. The molecule has 5 nitrogen and oxygen atoms in total. The highest BCUT2D eigenvalue weighted by atomic mass is 19.3. The van der Waals surface area contributed by atoms with Gasteiger partial charge in [-0.1, -0.05) is 6.92 Å². The molecule has 0 radical (unpaired) electrons. The van der Waals surface area contributed by atoms with Gasteiger partial charge in [-0.3, -0.25) is 4.79 Å². The summed E-state index contributed by atoms with van der Waals surface area (Å²) < 4.78 is 34.3. The van der Waals surface area contributed by atoms with Crippen molar-refractivity contribution in [2.45, 2.75) is 37.8 Å². The highest BCUT2D eigenvalue weighted by molar-refractivity contribution is 5.90. The number of nitrogens with zero attached hydrogens (tertiary/aromatic N) is 1. The molecular formula is C14H16F2N2O3. The maximum Gasteiger partial charge on any atom is 0.388 e. The minimum absolute atomic E-state index is 0.164. The molecule has 7 heteroatoms. The molecule has 1 saturated heterocycles. The first kappa shape index (κ1) is 14.2. The van der Waals surface area contributed by atoms with E-state index < -0.39 is 17.6 Å². The van der Waals surface area contributed by atoms with Crippen molar-refractivity contribution in [2.75, 3.05) is 13.2 Å². The van der Waals surface area contributed by atoms with Gasteiger partial charge in [0.05, 0.1) is 24.3 Å². The van der Waals surface area contributed by atoms with Crippen LogP contribution in [0.5, 0.6) is 5.88 Å². The molecule has 21 heavy (non-hydrogen) atoms. The number of rotatable bonds is 3. The molecule has 3 heterocycles. The molecule has 2 aliphatic rings. The third-order valence-corrected chi connectivity index (χ3v) is 4.38. The lowest BCUT2D eigenvalue weighted by Gasteiger charge is -2.49. The van der Waals surface area contributed by atoms with E-state index >= 15 is 0 Å². The summed E-state index contributed by atoms with van der Waals surface area (Å²) in [6, 6.07) is 3.09. The Labute approximate surface area is 120 Å². The summed E-state index contributed by atoms with van der Waals surface area (Å²) in [6.45, 7) is 1.40. The van der Waals surface area contributed by atoms with Crippen LogP contribution in [0.1, 0.15) is 31.5 Å². The molecule has 1 aromatic heterocycles. The molecule has 1 amide bonds. The van der Waals surface area contributed by atoms with Gasteiger partial charge in [0.15, 0.2) is 0 Å². The Bertz CT molecular complexity index is 590. The normalized spacial score (nSPS) is 26.2. The topological polar surface area (TPSA) is 60.5 Å². The van der Waals surface area contributed by atoms with Crippen molar-refractivity contribution in [2.24, 2.45) is 0 Å². The van der Waals surface area contributed by atoms with Gasteiger partial charge in [-0.15, -0.1) is 0 Å². The SMILES string of the molecule is CCC1(C)C(=O)NC2(COC2)c2ccc(OC(F)F)nc21. The fraction of sp³-hybridized carbons (Fsp3) is 0.571. The predicted molar refractivity (Wildman–Crippen MR) is 69.2 cm³/mol. The van der Waals surface area contributed by atoms with Crippen molar-refractivity contribution < 1.29 is 23.0 Å². The summed E-state index contributed by atoms with van der Waals surface area (Å²) in [5.74, 6) is -0.337. The number of halogens is 2. The number of alkyl halides is 2. The molecule has 0 saturated carbocycles. The fourth-order valence-corrected chi connectivity index (χ4v) is 2.80. The van der Waals surface area contributed by atoms with Gasteiger partial charge < -0.3 is 14.8 Å². The zero-order chi connectivity index (χ0) is 15.3. The molecule has 1 unspecified atom stereocenters. The van der Waals surface area contributed by atoms with Gasteiger partial charge in [0.25, 0.3) is 0 Å². The lowest BCUT2D eigenvalue weighted by atomic mass is 9.70. The number of amides is 1. The number of hydrogen-bond acceptors (Lipinski definition) is 4. The van der Waals surface area contributed by atoms with Gasteiger partial charge in [-0.2, -0.15) is 8.78 Å². The van der Waals surface area contributed by atoms with Crippen LogP contribution in [0.25, 0.3) is 0 Å². The van der Waals surface area contributed by atoms with Crippen molar-refractivity contribution in [1.29, 1.82) is 0 Å². The van der Waals surface area contributed by atoms with Crippen molar-refractivity contribution in [3.05, 3.63) is 23.4 Å². The number of fused-ring (bicyclic) bond motifs is 2. The Morgan fingerprint density at radius 3 is 2.71 bits per heavy atom. The summed E-state index contributed by atoms with van der Waals surface area (Å²) in [7, 11) is 0. The Morgan fingerprint density at radius 1 is 1.48 bits per heavy atom. The average Bonchev–Trinajstić information content (AvgIpc) is 2.40. The van der Waals surface area contributed by atoms with Crippen LogP contribution in [-0.4, -0.2) is 30.7 Å². The van der Waals surface area contributed by atoms with Crippen LogP contribution < -0.4 is 10.1 Å². The van der Waals surface area contributed by atoms with Crippen LogP contribution in [-0.2, 0) is 20.5 Å². The van der Waals surface area contributed by atoms with Crippen molar-refractivity contribution >= 4 is 5.91 Å². The van der Waals surface area contributed by atoms with Gasteiger partial charge in [0, 0.05) is 11.6 Å². The Hall–Kier alpha value is -1.76. The molecule has 1 atom stereocenters. The largest absolute Gasteiger partial charge is 0.417 e. The summed E-state index contributed by atoms with van der Waals surface area (Å²) in [4.78, 5) is 16.6. The molecule has 0 aliphatic carbocycles. The van der Waals surface area contributed by atoms with E-state index in [0.717, 1.165) is 5.56 Å². The summed E-state index contributed by atoms with van der Waals surface area (Å²) in [5, 5.41) is 2.99. The first-order valence-electron chi connectivity index (χ1n) is 6.78. The Kier molecular flexibility index (Phi) is 3.12. The number of pyridine rings is 1.